The van der Waals surface area contributed by atoms with E-state index >= 15 is 0 Å². The zero-order chi connectivity index (χ0) is 18.6. The molecule has 3 aliphatic rings. The van der Waals surface area contributed by atoms with E-state index in [9.17, 15) is 0 Å². The minimum absolute atomic E-state index is 0.234. The zero-order valence-electron chi connectivity index (χ0n) is 17.2. The number of nitrogens with zero attached hydrogens (tertiary/aromatic N) is 1. The molecule has 4 nitrogen and oxygen atoms in total. The molecule has 1 spiro atoms. The monoisotopic (exact) mass is 365 g/mol. The lowest BCUT2D eigenvalue weighted by atomic mass is 9.71. The standard InChI is InChI=1S/C22H39NO3/c1-5-13-23(16-19-7-6-15-24-19)14-10-20-17-25-22(26-20)11-8-18(9-12-22)21(2,3)4/h5,18-20H,1,6-17H2,2-4H3. The van der Waals surface area contributed by atoms with Crippen molar-refractivity contribution < 1.29 is 14.2 Å². The first-order chi connectivity index (χ1) is 12.4. The van der Waals surface area contributed by atoms with E-state index in [0.29, 0.717) is 11.5 Å². The van der Waals surface area contributed by atoms with Crippen molar-refractivity contribution in [3.8, 4) is 0 Å². The van der Waals surface area contributed by atoms with Gasteiger partial charge < -0.3 is 14.2 Å². The fourth-order valence-electron chi connectivity index (χ4n) is 4.79. The van der Waals surface area contributed by atoms with E-state index in [1.54, 1.807) is 0 Å². The van der Waals surface area contributed by atoms with Crippen molar-refractivity contribution in [1.82, 2.24) is 4.90 Å². The molecule has 3 rings (SSSR count). The van der Waals surface area contributed by atoms with Gasteiger partial charge in [0.1, 0.15) is 0 Å². The predicted molar refractivity (Wildman–Crippen MR) is 105 cm³/mol. The summed E-state index contributed by atoms with van der Waals surface area (Å²) >= 11 is 0. The maximum absolute atomic E-state index is 6.44. The van der Waals surface area contributed by atoms with Crippen LogP contribution < -0.4 is 0 Å². The molecule has 0 aromatic rings. The van der Waals surface area contributed by atoms with E-state index in [1.807, 2.05) is 6.08 Å². The second-order valence-corrected chi connectivity index (χ2v) is 9.57. The largest absolute Gasteiger partial charge is 0.377 e. The highest BCUT2D eigenvalue weighted by Gasteiger charge is 2.45. The van der Waals surface area contributed by atoms with Gasteiger partial charge in [-0.25, -0.2) is 0 Å². The zero-order valence-corrected chi connectivity index (χ0v) is 17.2. The van der Waals surface area contributed by atoms with Gasteiger partial charge in [-0.05, 0) is 43.4 Å². The van der Waals surface area contributed by atoms with Crippen molar-refractivity contribution in [2.45, 2.75) is 83.7 Å². The Kier molecular flexibility index (Phi) is 6.82. The molecule has 0 bridgehead atoms. The lowest BCUT2D eigenvalue weighted by Gasteiger charge is -2.41. The van der Waals surface area contributed by atoms with E-state index in [0.717, 1.165) is 58.0 Å². The first kappa shape index (κ1) is 20.3. The molecule has 0 amide bonds. The predicted octanol–water partition coefficient (Wildman–Crippen LogP) is 4.39. The molecule has 2 aliphatic heterocycles. The Bertz CT molecular complexity index is 445. The van der Waals surface area contributed by atoms with Crippen molar-refractivity contribution in [1.29, 1.82) is 0 Å². The molecule has 2 atom stereocenters. The van der Waals surface area contributed by atoms with Gasteiger partial charge in [0.2, 0.25) is 0 Å². The quantitative estimate of drug-likeness (QED) is 0.626. The van der Waals surface area contributed by atoms with Gasteiger partial charge in [-0.15, -0.1) is 6.58 Å². The summed E-state index contributed by atoms with van der Waals surface area (Å²) in [7, 11) is 0. The Morgan fingerprint density at radius 3 is 2.54 bits per heavy atom. The first-order valence-corrected chi connectivity index (χ1v) is 10.7. The highest BCUT2D eigenvalue weighted by Crippen LogP contribution is 2.45. The smallest absolute Gasteiger partial charge is 0.168 e. The molecule has 2 saturated heterocycles. The molecule has 3 fully saturated rings. The summed E-state index contributed by atoms with van der Waals surface area (Å²) in [4.78, 5) is 2.45. The van der Waals surface area contributed by atoms with Crippen molar-refractivity contribution in [2.75, 3.05) is 32.8 Å². The van der Waals surface area contributed by atoms with Crippen molar-refractivity contribution in [3.05, 3.63) is 12.7 Å². The maximum atomic E-state index is 6.44. The van der Waals surface area contributed by atoms with Crippen LogP contribution in [0.15, 0.2) is 12.7 Å². The summed E-state index contributed by atoms with van der Waals surface area (Å²) in [5, 5.41) is 0. The molecule has 2 unspecified atom stereocenters. The Labute approximate surface area is 160 Å². The van der Waals surface area contributed by atoms with Crippen molar-refractivity contribution in [2.24, 2.45) is 11.3 Å². The van der Waals surface area contributed by atoms with Gasteiger partial charge in [0.15, 0.2) is 5.79 Å². The molecule has 0 aromatic carbocycles. The Hall–Kier alpha value is -0.420. The van der Waals surface area contributed by atoms with Gasteiger partial charge in [0, 0.05) is 39.1 Å². The fourth-order valence-corrected chi connectivity index (χ4v) is 4.79. The summed E-state index contributed by atoms with van der Waals surface area (Å²) in [5.41, 5.74) is 0.396. The average molecular weight is 366 g/mol. The van der Waals surface area contributed by atoms with Crippen LogP contribution in [0.4, 0.5) is 0 Å². The Balaban J connectivity index is 1.43. The van der Waals surface area contributed by atoms with Crippen LogP contribution >= 0.6 is 0 Å². The Morgan fingerprint density at radius 2 is 1.92 bits per heavy atom. The number of ether oxygens (including phenoxy) is 3. The van der Waals surface area contributed by atoms with Gasteiger partial charge in [-0.1, -0.05) is 26.8 Å². The van der Waals surface area contributed by atoms with Crippen LogP contribution in [0.3, 0.4) is 0 Å². The molecule has 4 heteroatoms. The van der Waals surface area contributed by atoms with E-state index in [2.05, 4.69) is 32.3 Å². The SMILES string of the molecule is C=CCN(CCC1COC2(CCC(C(C)(C)C)CC2)O1)CC1CCCO1. The van der Waals surface area contributed by atoms with Crippen LogP contribution in [0.25, 0.3) is 0 Å². The van der Waals surface area contributed by atoms with Gasteiger partial charge >= 0.3 is 0 Å². The second kappa shape index (κ2) is 8.72. The van der Waals surface area contributed by atoms with E-state index < -0.39 is 0 Å². The third-order valence-corrected chi connectivity index (χ3v) is 6.53. The summed E-state index contributed by atoms with van der Waals surface area (Å²) < 4.78 is 18.4. The number of hydrogen-bond acceptors (Lipinski definition) is 4. The van der Waals surface area contributed by atoms with Crippen LogP contribution in [0.1, 0.15) is 65.7 Å². The molecule has 1 saturated carbocycles. The molecular formula is C22H39NO3. The van der Waals surface area contributed by atoms with Crippen LogP contribution in [-0.2, 0) is 14.2 Å². The van der Waals surface area contributed by atoms with Gasteiger partial charge in [0.25, 0.3) is 0 Å². The topological polar surface area (TPSA) is 30.9 Å². The molecule has 0 aromatic heterocycles. The van der Waals surface area contributed by atoms with E-state index in [4.69, 9.17) is 14.2 Å². The molecular weight excluding hydrogens is 326 g/mol. The Morgan fingerprint density at radius 1 is 1.15 bits per heavy atom. The summed E-state index contributed by atoms with van der Waals surface area (Å²) in [6.45, 7) is 15.6. The molecule has 1 aliphatic carbocycles. The molecule has 2 heterocycles. The molecule has 0 radical (unpaired) electrons. The average Bonchev–Trinajstić information content (AvgIpc) is 3.23. The first-order valence-electron chi connectivity index (χ1n) is 10.7. The van der Waals surface area contributed by atoms with Gasteiger partial charge in [0.05, 0.1) is 18.8 Å². The maximum Gasteiger partial charge on any atom is 0.168 e. The lowest BCUT2D eigenvalue weighted by molar-refractivity contribution is -0.197. The lowest BCUT2D eigenvalue weighted by Crippen LogP contribution is -2.39. The summed E-state index contributed by atoms with van der Waals surface area (Å²) in [6, 6.07) is 0. The number of hydrogen-bond donors (Lipinski definition) is 0. The molecule has 26 heavy (non-hydrogen) atoms. The van der Waals surface area contributed by atoms with E-state index in [-0.39, 0.29) is 11.9 Å². The van der Waals surface area contributed by atoms with Gasteiger partial charge in [-0.3, -0.25) is 4.90 Å². The number of rotatable bonds is 7. The fraction of sp³-hybridized carbons (Fsp3) is 0.909. The van der Waals surface area contributed by atoms with Crippen LogP contribution in [-0.4, -0.2) is 55.7 Å². The normalized spacial score (nSPS) is 35.5. The minimum atomic E-state index is -0.287. The second-order valence-electron chi connectivity index (χ2n) is 9.57. The van der Waals surface area contributed by atoms with Crippen molar-refractivity contribution >= 4 is 0 Å². The van der Waals surface area contributed by atoms with Crippen LogP contribution in [0.5, 0.6) is 0 Å². The molecule has 0 N–H and O–H groups in total. The van der Waals surface area contributed by atoms with Crippen molar-refractivity contribution in [3.63, 3.8) is 0 Å². The highest BCUT2D eigenvalue weighted by molar-refractivity contribution is 4.89. The van der Waals surface area contributed by atoms with Gasteiger partial charge in [-0.2, -0.15) is 0 Å². The molecule has 150 valence electrons. The van der Waals surface area contributed by atoms with E-state index in [1.165, 1.54) is 25.7 Å². The summed E-state index contributed by atoms with van der Waals surface area (Å²) in [6.07, 6.45) is 10.6. The van der Waals surface area contributed by atoms with Crippen LogP contribution in [0, 0.1) is 11.3 Å². The van der Waals surface area contributed by atoms with Crippen LogP contribution in [0.2, 0.25) is 0 Å². The minimum Gasteiger partial charge on any atom is -0.377 e. The highest BCUT2D eigenvalue weighted by atomic mass is 16.7. The third-order valence-electron chi connectivity index (χ3n) is 6.53. The third kappa shape index (κ3) is 5.31. The summed E-state index contributed by atoms with van der Waals surface area (Å²) in [5.74, 6) is 0.499.